The summed E-state index contributed by atoms with van der Waals surface area (Å²) in [4.78, 5) is 21.7. The zero-order valence-corrected chi connectivity index (χ0v) is 11.7. The molecule has 0 aliphatic rings. The van der Waals surface area contributed by atoms with Crippen molar-refractivity contribution in [3.63, 3.8) is 0 Å². The van der Waals surface area contributed by atoms with E-state index in [-0.39, 0.29) is 26.4 Å². The molecule has 20 heavy (non-hydrogen) atoms. The molecular formula is C14H18O6. The molecule has 0 unspecified atom stereocenters. The Bertz CT molecular complexity index is 367. The van der Waals surface area contributed by atoms with Crippen LogP contribution in [0.2, 0.25) is 0 Å². The van der Waals surface area contributed by atoms with Gasteiger partial charge in [-0.15, -0.1) is 0 Å². The summed E-state index contributed by atoms with van der Waals surface area (Å²) in [5.74, 6) is 9.40. The zero-order chi connectivity index (χ0) is 15.1. The number of hydrogen-bond donors (Lipinski definition) is 0. The molecule has 0 rings (SSSR count). The predicted octanol–water partition coefficient (Wildman–Crippen LogP) is 0.153. The predicted molar refractivity (Wildman–Crippen MR) is 70.5 cm³/mol. The first-order valence-electron chi connectivity index (χ1n) is 6.13. The first kappa shape index (κ1) is 18.0. The summed E-state index contributed by atoms with van der Waals surface area (Å²) in [6, 6.07) is 0. The van der Waals surface area contributed by atoms with Gasteiger partial charge in [0.15, 0.2) is 0 Å². The summed E-state index contributed by atoms with van der Waals surface area (Å²) in [7, 11) is 0. The molecule has 0 saturated heterocycles. The van der Waals surface area contributed by atoms with Crippen LogP contribution in [0.3, 0.4) is 0 Å². The van der Waals surface area contributed by atoms with Crippen molar-refractivity contribution in [2.45, 2.75) is 13.8 Å². The highest BCUT2D eigenvalue weighted by atomic mass is 16.6. The van der Waals surface area contributed by atoms with Crippen LogP contribution in [0, 0.1) is 23.7 Å². The molecule has 0 aromatic carbocycles. The standard InChI is InChI=1S/C14H18O6/c1-3-19-13(15)11-17-9-7-5-6-8-10-18-12-14(16)20-4-2/h3-4,9-12H2,1-2H3. The second-order valence-electron chi connectivity index (χ2n) is 3.20. The van der Waals surface area contributed by atoms with E-state index in [0.29, 0.717) is 13.2 Å². The van der Waals surface area contributed by atoms with Crippen molar-refractivity contribution >= 4 is 11.9 Å². The van der Waals surface area contributed by atoms with Gasteiger partial charge in [0.25, 0.3) is 0 Å². The van der Waals surface area contributed by atoms with Crippen LogP contribution in [0.4, 0.5) is 0 Å². The van der Waals surface area contributed by atoms with E-state index in [1.165, 1.54) is 0 Å². The lowest BCUT2D eigenvalue weighted by atomic mass is 10.5. The maximum absolute atomic E-state index is 10.9. The molecule has 0 aliphatic heterocycles. The average Bonchev–Trinajstić information content (AvgIpc) is 2.41. The van der Waals surface area contributed by atoms with Gasteiger partial charge in [-0.05, 0) is 25.7 Å². The van der Waals surface area contributed by atoms with Gasteiger partial charge in [0, 0.05) is 0 Å². The maximum Gasteiger partial charge on any atom is 0.332 e. The smallest absolute Gasteiger partial charge is 0.332 e. The van der Waals surface area contributed by atoms with E-state index in [2.05, 4.69) is 33.2 Å². The first-order valence-corrected chi connectivity index (χ1v) is 6.13. The summed E-state index contributed by atoms with van der Waals surface area (Å²) in [6.07, 6.45) is 0. The van der Waals surface area contributed by atoms with Crippen LogP contribution in [0.15, 0.2) is 0 Å². The quantitative estimate of drug-likeness (QED) is 0.358. The van der Waals surface area contributed by atoms with Gasteiger partial charge in [0.1, 0.15) is 26.4 Å². The summed E-state index contributed by atoms with van der Waals surface area (Å²) < 4.78 is 19.2. The van der Waals surface area contributed by atoms with Gasteiger partial charge in [0.05, 0.1) is 13.2 Å². The number of hydrogen-bond acceptors (Lipinski definition) is 6. The van der Waals surface area contributed by atoms with E-state index in [0.717, 1.165) is 0 Å². The van der Waals surface area contributed by atoms with Gasteiger partial charge >= 0.3 is 11.9 Å². The number of ether oxygens (including phenoxy) is 4. The molecule has 0 radical (unpaired) electrons. The Morgan fingerprint density at radius 2 is 1.20 bits per heavy atom. The minimum atomic E-state index is -0.423. The van der Waals surface area contributed by atoms with E-state index >= 15 is 0 Å². The third-order valence-corrected chi connectivity index (χ3v) is 1.64. The molecule has 110 valence electrons. The van der Waals surface area contributed by atoms with Crippen LogP contribution >= 0.6 is 0 Å². The molecule has 0 aromatic heterocycles. The highest BCUT2D eigenvalue weighted by Crippen LogP contribution is 1.81. The Hall–Kier alpha value is -2.02. The van der Waals surface area contributed by atoms with E-state index < -0.39 is 11.9 Å². The van der Waals surface area contributed by atoms with Crippen molar-refractivity contribution < 1.29 is 28.5 Å². The van der Waals surface area contributed by atoms with Gasteiger partial charge in [0.2, 0.25) is 0 Å². The van der Waals surface area contributed by atoms with Crippen LogP contribution in [0.25, 0.3) is 0 Å². The fraction of sp³-hybridized carbons (Fsp3) is 0.571. The molecule has 6 nitrogen and oxygen atoms in total. The minimum absolute atomic E-state index is 0.0944. The Balaban J connectivity index is 3.55. The molecular weight excluding hydrogens is 264 g/mol. The van der Waals surface area contributed by atoms with E-state index in [1.54, 1.807) is 13.8 Å². The van der Waals surface area contributed by atoms with Gasteiger partial charge in [-0.25, -0.2) is 9.59 Å². The topological polar surface area (TPSA) is 71.1 Å². The van der Waals surface area contributed by atoms with Crippen LogP contribution < -0.4 is 0 Å². The Kier molecular flexibility index (Phi) is 12.1. The summed E-state index contributed by atoms with van der Waals surface area (Å²) >= 11 is 0. The van der Waals surface area contributed by atoms with Gasteiger partial charge in [-0.2, -0.15) is 0 Å². The van der Waals surface area contributed by atoms with Crippen molar-refractivity contribution in [1.82, 2.24) is 0 Å². The highest BCUT2D eigenvalue weighted by Gasteiger charge is 1.99. The summed E-state index contributed by atoms with van der Waals surface area (Å²) in [6.45, 7) is 4.02. The molecule has 0 fully saturated rings. The average molecular weight is 282 g/mol. The lowest BCUT2D eigenvalue weighted by Gasteiger charge is -1.99. The molecule has 0 N–H and O–H groups in total. The van der Waals surface area contributed by atoms with Crippen molar-refractivity contribution in [1.29, 1.82) is 0 Å². The van der Waals surface area contributed by atoms with E-state index in [4.69, 9.17) is 9.47 Å². The molecule has 0 atom stereocenters. The van der Waals surface area contributed by atoms with Gasteiger partial charge in [-0.1, -0.05) is 11.8 Å². The fourth-order valence-corrected chi connectivity index (χ4v) is 0.937. The lowest BCUT2D eigenvalue weighted by molar-refractivity contribution is -0.148. The first-order chi connectivity index (χ1) is 9.70. The van der Waals surface area contributed by atoms with Crippen molar-refractivity contribution in [2.24, 2.45) is 0 Å². The molecule has 6 heteroatoms. The molecule has 0 aromatic rings. The fourth-order valence-electron chi connectivity index (χ4n) is 0.937. The van der Waals surface area contributed by atoms with Gasteiger partial charge in [-0.3, -0.25) is 0 Å². The van der Waals surface area contributed by atoms with Crippen LogP contribution in [-0.2, 0) is 28.5 Å². The molecule has 0 bridgehead atoms. The number of esters is 2. The monoisotopic (exact) mass is 282 g/mol. The second kappa shape index (κ2) is 13.4. The third kappa shape index (κ3) is 12.4. The summed E-state index contributed by atoms with van der Waals surface area (Å²) in [5.41, 5.74) is 0. The SMILES string of the molecule is CCOC(=O)COCC#CC#CCOCC(=O)OCC. The van der Waals surface area contributed by atoms with Gasteiger partial charge < -0.3 is 18.9 Å². The van der Waals surface area contributed by atoms with Crippen molar-refractivity contribution in [3.05, 3.63) is 0 Å². The third-order valence-electron chi connectivity index (χ3n) is 1.64. The number of rotatable bonds is 8. The molecule has 0 amide bonds. The summed E-state index contributed by atoms with van der Waals surface area (Å²) in [5, 5.41) is 0. The van der Waals surface area contributed by atoms with Crippen LogP contribution in [-0.4, -0.2) is 51.6 Å². The highest BCUT2D eigenvalue weighted by molar-refractivity contribution is 5.70. The maximum atomic E-state index is 10.9. The number of carbonyl (C=O) groups excluding carboxylic acids is 2. The van der Waals surface area contributed by atoms with Crippen LogP contribution in [0.1, 0.15) is 13.8 Å². The van der Waals surface area contributed by atoms with Crippen LogP contribution in [0.5, 0.6) is 0 Å². The minimum Gasteiger partial charge on any atom is -0.464 e. The molecule has 0 heterocycles. The molecule has 0 saturated carbocycles. The number of carbonyl (C=O) groups is 2. The van der Waals surface area contributed by atoms with E-state index in [1.807, 2.05) is 0 Å². The Labute approximate surface area is 118 Å². The van der Waals surface area contributed by atoms with E-state index in [9.17, 15) is 9.59 Å². The largest absolute Gasteiger partial charge is 0.464 e. The zero-order valence-electron chi connectivity index (χ0n) is 11.7. The Morgan fingerprint density at radius 3 is 1.55 bits per heavy atom. The lowest BCUT2D eigenvalue weighted by Crippen LogP contribution is -2.12. The van der Waals surface area contributed by atoms with Crippen molar-refractivity contribution in [2.75, 3.05) is 39.6 Å². The Morgan fingerprint density at radius 1 is 0.800 bits per heavy atom. The van der Waals surface area contributed by atoms with Crippen molar-refractivity contribution in [3.8, 4) is 23.7 Å². The normalized spacial score (nSPS) is 8.70. The molecule has 0 spiro atoms. The molecule has 0 aliphatic carbocycles. The second-order valence-corrected chi connectivity index (χ2v) is 3.20.